The number of fused-ring (bicyclic) bond motifs is 10. The predicted molar refractivity (Wildman–Crippen MR) is 257 cm³/mol. The monoisotopic (exact) mass is 791 g/mol. The number of hydrogen-bond acceptors (Lipinski definition) is 3. The van der Waals surface area contributed by atoms with Crippen molar-refractivity contribution in [2.75, 3.05) is 0 Å². The lowest BCUT2D eigenvalue weighted by Crippen LogP contribution is -2.34. The lowest BCUT2D eigenvalue weighted by molar-refractivity contribution is 0.575. The summed E-state index contributed by atoms with van der Waals surface area (Å²) in [6.45, 7) is 19.6. The van der Waals surface area contributed by atoms with Gasteiger partial charge in [-0.05, 0) is 102 Å². The molecular formula is C58H53N3. The SMILES string of the molecule is C=C/C=C\c1cccc(C)c1.CC(C)(C)c1ccc2c(c1)CC1(c3cc(C(C)(C)C)ccc3-2)c2ccccc2-c2ccc(-c3ncnc(-c4cccc5ccccc45)n3)cc21. The first-order valence-electron chi connectivity index (χ1n) is 21.4. The summed E-state index contributed by atoms with van der Waals surface area (Å²) in [7, 11) is 0. The lowest BCUT2D eigenvalue weighted by atomic mass is 9.61. The molecule has 0 amide bonds. The molecule has 0 saturated carbocycles. The standard InChI is InChI=1S/C47H41N3.C11H12/c1-45(2,3)32-19-22-35-31(24-32)27-47(42-26-33(46(4,5)6)20-23-37(35)42)40-17-10-9-15-36(40)38-21-18-30(25-41(38)47)43-48-28-49-44(50-43)39-16-11-13-29-12-7-8-14-34(29)39;1-3-4-7-11-8-5-6-10(2)9-11/h7-26,28H,27H2,1-6H3;3-9H,1H2,2H3/b;7-4-. The van der Waals surface area contributed by atoms with Crippen molar-refractivity contribution >= 4 is 16.8 Å². The van der Waals surface area contributed by atoms with Gasteiger partial charge in [0.25, 0.3) is 0 Å². The molecule has 1 atom stereocenters. The molecule has 7 aromatic carbocycles. The number of aromatic nitrogens is 3. The van der Waals surface area contributed by atoms with Crippen LogP contribution in [0.2, 0.25) is 0 Å². The third-order valence-corrected chi connectivity index (χ3v) is 12.5. The number of hydrogen-bond donors (Lipinski definition) is 0. The summed E-state index contributed by atoms with van der Waals surface area (Å²) >= 11 is 0. The van der Waals surface area contributed by atoms with Gasteiger partial charge in [-0.15, -0.1) is 0 Å². The van der Waals surface area contributed by atoms with Gasteiger partial charge in [0.15, 0.2) is 11.6 Å². The molecule has 3 heteroatoms. The highest BCUT2D eigenvalue weighted by Crippen LogP contribution is 2.59. The zero-order valence-electron chi connectivity index (χ0n) is 36.4. The first-order chi connectivity index (χ1) is 29.3. The largest absolute Gasteiger partial charge is 0.217 e. The maximum absolute atomic E-state index is 5.11. The van der Waals surface area contributed by atoms with Crippen molar-refractivity contribution in [3.05, 3.63) is 215 Å². The maximum Gasteiger partial charge on any atom is 0.163 e. The Bertz CT molecular complexity index is 3000. The minimum Gasteiger partial charge on any atom is -0.217 e. The molecule has 0 bridgehead atoms. The Morgan fingerprint density at radius 1 is 0.557 bits per heavy atom. The van der Waals surface area contributed by atoms with E-state index in [1.54, 1.807) is 12.4 Å². The van der Waals surface area contributed by atoms with Crippen LogP contribution >= 0.6 is 0 Å². The van der Waals surface area contributed by atoms with Gasteiger partial charge in [0, 0.05) is 11.1 Å². The van der Waals surface area contributed by atoms with E-state index in [0.717, 1.165) is 22.9 Å². The second kappa shape index (κ2) is 15.4. The molecule has 61 heavy (non-hydrogen) atoms. The van der Waals surface area contributed by atoms with Gasteiger partial charge in [-0.1, -0.05) is 211 Å². The quantitative estimate of drug-likeness (QED) is 0.167. The molecule has 0 N–H and O–H groups in total. The van der Waals surface area contributed by atoms with Gasteiger partial charge >= 0.3 is 0 Å². The van der Waals surface area contributed by atoms with Gasteiger partial charge in [-0.25, -0.2) is 15.0 Å². The van der Waals surface area contributed by atoms with E-state index >= 15 is 0 Å². The first-order valence-corrected chi connectivity index (χ1v) is 21.4. The Morgan fingerprint density at radius 2 is 1.18 bits per heavy atom. The Morgan fingerprint density at radius 3 is 1.97 bits per heavy atom. The van der Waals surface area contributed by atoms with E-state index in [1.165, 1.54) is 72.1 Å². The van der Waals surface area contributed by atoms with Crippen LogP contribution in [-0.2, 0) is 22.7 Å². The Kier molecular flexibility index (Phi) is 10.0. The van der Waals surface area contributed by atoms with Crippen LogP contribution in [0.15, 0.2) is 171 Å². The van der Waals surface area contributed by atoms with Crippen LogP contribution in [0.3, 0.4) is 0 Å². The van der Waals surface area contributed by atoms with E-state index < -0.39 is 0 Å². The van der Waals surface area contributed by atoms with Gasteiger partial charge < -0.3 is 0 Å². The molecule has 0 saturated heterocycles. The zero-order valence-corrected chi connectivity index (χ0v) is 36.4. The third-order valence-electron chi connectivity index (χ3n) is 12.5. The number of benzene rings is 7. The molecule has 0 aliphatic heterocycles. The van der Waals surface area contributed by atoms with Crippen LogP contribution in [0.4, 0.5) is 0 Å². The summed E-state index contributed by atoms with van der Waals surface area (Å²) in [5, 5.41) is 2.31. The zero-order chi connectivity index (χ0) is 42.5. The Hall–Kier alpha value is -6.71. The fraction of sp³-hybridized carbons (Fsp3) is 0.190. The summed E-state index contributed by atoms with van der Waals surface area (Å²) < 4.78 is 0. The van der Waals surface area contributed by atoms with E-state index in [2.05, 4.69) is 206 Å². The molecule has 3 nitrogen and oxygen atoms in total. The number of allylic oxidation sites excluding steroid dienone is 2. The average Bonchev–Trinajstić information content (AvgIpc) is 3.53. The van der Waals surface area contributed by atoms with Crippen molar-refractivity contribution in [3.8, 4) is 45.0 Å². The maximum atomic E-state index is 5.11. The van der Waals surface area contributed by atoms with E-state index in [0.29, 0.717) is 11.6 Å². The van der Waals surface area contributed by atoms with Gasteiger partial charge in [0.1, 0.15) is 6.33 Å². The van der Waals surface area contributed by atoms with E-state index in [1.807, 2.05) is 12.2 Å². The van der Waals surface area contributed by atoms with Crippen molar-refractivity contribution in [2.24, 2.45) is 0 Å². The van der Waals surface area contributed by atoms with Crippen molar-refractivity contribution in [1.82, 2.24) is 15.0 Å². The molecular weight excluding hydrogens is 739 g/mol. The van der Waals surface area contributed by atoms with Crippen LogP contribution in [-0.4, -0.2) is 15.0 Å². The fourth-order valence-corrected chi connectivity index (χ4v) is 9.37. The van der Waals surface area contributed by atoms with E-state index in [-0.39, 0.29) is 16.2 Å². The van der Waals surface area contributed by atoms with E-state index in [9.17, 15) is 0 Å². The summed E-state index contributed by atoms with van der Waals surface area (Å²) in [4.78, 5) is 14.5. The van der Waals surface area contributed by atoms with Crippen LogP contribution in [0.25, 0.3) is 61.9 Å². The molecule has 1 aromatic heterocycles. The number of aryl methyl sites for hydroxylation is 1. The molecule has 300 valence electrons. The second-order valence-corrected chi connectivity index (χ2v) is 18.7. The molecule has 8 aromatic rings. The molecule has 10 rings (SSSR count). The van der Waals surface area contributed by atoms with Gasteiger partial charge in [-0.3, -0.25) is 0 Å². The normalized spacial score (nSPS) is 15.1. The average molecular weight is 792 g/mol. The highest BCUT2D eigenvalue weighted by molar-refractivity contribution is 5.95. The molecule has 2 aliphatic rings. The van der Waals surface area contributed by atoms with Crippen LogP contribution in [0, 0.1) is 6.92 Å². The molecule has 1 heterocycles. The molecule has 0 radical (unpaired) electrons. The van der Waals surface area contributed by atoms with Gasteiger partial charge in [-0.2, -0.15) is 0 Å². The molecule has 1 unspecified atom stereocenters. The summed E-state index contributed by atoms with van der Waals surface area (Å²) in [5.74, 6) is 1.37. The fourth-order valence-electron chi connectivity index (χ4n) is 9.37. The summed E-state index contributed by atoms with van der Waals surface area (Å²) in [6.07, 6.45) is 8.31. The van der Waals surface area contributed by atoms with Crippen molar-refractivity contribution in [3.63, 3.8) is 0 Å². The Labute approximate surface area is 361 Å². The predicted octanol–water partition coefficient (Wildman–Crippen LogP) is 14.7. The molecule has 2 aliphatic carbocycles. The number of rotatable bonds is 4. The van der Waals surface area contributed by atoms with Crippen LogP contribution in [0.5, 0.6) is 0 Å². The van der Waals surface area contributed by atoms with Crippen LogP contribution in [0.1, 0.15) is 86.1 Å². The topological polar surface area (TPSA) is 38.7 Å². The molecule has 1 spiro atoms. The number of nitrogens with zero attached hydrogens (tertiary/aromatic N) is 3. The molecule has 0 fully saturated rings. The van der Waals surface area contributed by atoms with Crippen molar-refractivity contribution < 1.29 is 0 Å². The summed E-state index contributed by atoms with van der Waals surface area (Å²) in [6, 6.07) is 53.4. The highest BCUT2D eigenvalue weighted by atomic mass is 15.0. The highest BCUT2D eigenvalue weighted by Gasteiger charge is 2.49. The first kappa shape index (κ1) is 39.7. The minimum atomic E-state index is -0.368. The second-order valence-electron chi connectivity index (χ2n) is 18.7. The smallest absolute Gasteiger partial charge is 0.163 e. The minimum absolute atomic E-state index is 0.0122. The lowest BCUT2D eigenvalue weighted by Gasteiger charge is -2.41. The van der Waals surface area contributed by atoms with Crippen molar-refractivity contribution in [1.29, 1.82) is 0 Å². The van der Waals surface area contributed by atoms with Gasteiger partial charge in [0.05, 0.1) is 5.41 Å². The van der Waals surface area contributed by atoms with Gasteiger partial charge in [0.2, 0.25) is 0 Å². The van der Waals surface area contributed by atoms with Crippen molar-refractivity contribution in [2.45, 2.75) is 71.1 Å². The third kappa shape index (κ3) is 7.23. The van der Waals surface area contributed by atoms with E-state index in [4.69, 9.17) is 9.97 Å². The van der Waals surface area contributed by atoms with Crippen LogP contribution < -0.4 is 0 Å². The summed E-state index contributed by atoms with van der Waals surface area (Å²) in [5.41, 5.74) is 17.7. The Balaban J connectivity index is 0.000000379.